The lowest BCUT2D eigenvalue weighted by Gasteiger charge is -2.05. The highest BCUT2D eigenvalue weighted by Gasteiger charge is 2.15. The number of halogens is 2. The number of nitro groups is 1. The average Bonchev–Trinajstić information content (AvgIpc) is 2.14. The van der Waals surface area contributed by atoms with Crippen molar-refractivity contribution in [1.29, 1.82) is 0 Å². The summed E-state index contributed by atoms with van der Waals surface area (Å²) in [7, 11) is 3.73. The zero-order valence-corrected chi connectivity index (χ0v) is 12.5. The number of hydrogen-bond acceptors (Lipinski definition) is 3. The van der Waals surface area contributed by atoms with Gasteiger partial charge in [0.25, 0.3) is 5.69 Å². The fourth-order valence-electron chi connectivity index (χ4n) is 1.11. The van der Waals surface area contributed by atoms with Crippen molar-refractivity contribution in [3.8, 4) is 0 Å². The Kier molecular flexibility index (Phi) is 4.72. The molecule has 1 aromatic rings. The van der Waals surface area contributed by atoms with Crippen molar-refractivity contribution in [3.05, 3.63) is 42.1 Å². The first kappa shape index (κ1) is 13.4. The van der Waals surface area contributed by atoms with Gasteiger partial charge in [-0.1, -0.05) is 0 Å². The van der Waals surface area contributed by atoms with E-state index in [9.17, 15) is 10.1 Å². The zero-order chi connectivity index (χ0) is 12.3. The molecule has 0 saturated carbocycles. The smallest absolute Gasteiger partial charge is 0.278 e. The third-order valence-corrected chi connectivity index (χ3v) is 3.09. The fraction of sp³-hybridized carbons (Fsp3) is 0.200. The maximum atomic E-state index is 10.9. The molecule has 86 valence electrons. The molecule has 16 heavy (non-hydrogen) atoms. The van der Waals surface area contributed by atoms with Crippen LogP contribution in [0, 0.1) is 13.7 Å². The second kappa shape index (κ2) is 5.62. The van der Waals surface area contributed by atoms with Gasteiger partial charge in [-0.2, -0.15) is 0 Å². The normalized spacial score (nSPS) is 10.8. The molecule has 0 bridgehead atoms. The number of nitrogens with zero attached hydrogens (tertiary/aromatic N) is 2. The minimum absolute atomic E-state index is 0.108. The topological polar surface area (TPSA) is 46.4 Å². The Hall–Kier alpha value is -0.630. The molecule has 0 unspecified atom stereocenters. The molecule has 6 heteroatoms. The van der Waals surface area contributed by atoms with E-state index in [4.69, 9.17) is 0 Å². The largest absolute Gasteiger partial charge is 0.383 e. The van der Waals surface area contributed by atoms with E-state index >= 15 is 0 Å². The van der Waals surface area contributed by atoms with Crippen LogP contribution in [-0.4, -0.2) is 23.9 Å². The molecule has 0 aliphatic carbocycles. The van der Waals surface area contributed by atoms with Gasteiger partial charge in [-0.25, -0.2) is 0 Å². The molecular formula is C10H10BrIN2O2. The van der Waals surface area contributed by atoms with Gasteiger partial charge in [-0.15, -0.1) is 0 Å². The van der Waals surface area contributed by atoms with Crippen molar-refractivity contribution in [2.24, 2.45) is 0 Å². The van der Waals surface area contributed by atoms with Gasteiger partial charge in [-0.05, 0) is 56.9 Å². The van der Waals surface area contributed by atoms with Crippen LogP contribution in [0.3, 0.4) is 0 Å². The van der Waals surface area contributed by atoms with Crippen molar-refractivity contribution >= 4 is 50.3 Å². The molecule has 0 heterocycles. The molecule has 0 aliphatic heterocycles. The molecule has 0 fully saturated rings. The fourth-order valence-corrected chi connectivity index (χ4v) is 2.73. The van der Waals surface area contributed by atoms with Gasteiger partial charge in [0.05, 0.1) is 10.5 Å². The second-order valence-electron chi connectivity index (χ2n) is 3.36. The number of hydrogen-bond donors (Lipinski definition) is 0. The van der Waals surface area contributed by atoms with E-state index in [1.165, 1.54) is 0 Å². The predicted octanol–water partition coefficient (Wildman–Crippen LogP) is 3.49. The minimum atomic E-state index is -0.373. The SMILES string of the molecule is CN(C)/C=C/c1c(Br)cc(I)cc1[N+](=O)[O-]. The Balaban J connectivity index is 3.30. The lowest BCUT2D eigenvalue weighted by Crippen LogP contribution is -2.00. The number of benzene rings is 1. The van der Waals surface area contributed by atoms with Crippen LogP contribution in [0.15, 0.2) is 22.8 Å². The molecule has 0 aromatic heterocycles. The number of nitro benzene ring substituents is 1. The van der Waals surface area contributed by atoms with E-state index in [1.807, 2.05) is 25.1 Å². The van der Waals surface area contributed by atoms with Gasteiger partial charge >= 0.3 is 0 Å². The molecule has 0 spiro atoms. The third kappa shape index (κ3) is 3.44. The number of rotatable bonds is 3. The highest BCUT2D eigenvalue weighted by Crippen LogP contribution is 2.30. The highest BCUT2D eigenvalue weighted by molar-refractivity contribution is 14.1. The van der Waals surface area contributed by atoms with Crippen LogP contribution in [0.4, 0.5) is 5.69 Å². The minimum Gasteiger partial charge on any atom is -0.383 e. The molecule has 1 rings (SSSR count). The van der Waals surface area contributed by atoms with Crippen molar-refractivity contribution in [3.63, 3.8) is 0 Å². The summed E-state index contributed by atoms with van der Waals surface area (Å²) in [5, 5.41) is 10.9. The van der Waals surface area contributed by atoms with E-state index in [2.05, 4.69) is 38.5 Å². The van der Waals surface area contributed by atoms with Crippen LogP contribution in [0.25, 0.3) is 6.08 Å². The van der Waals surface area contributed by atoms with Crippen molar-refractivity contribution in [1.82, 2.24) is 4.90 Å². The van der Waals surface area contributed by atoms with Crippen LogP contribution >= 0.6 is 38.5 Å². The van der Waals surface area contributed by atoms with Gasteiger partial charge in [0, 0.05) is 28.2 Å². The molecule has 0 saturated heterocycles. The molecule has 4 nitrogen and oxygen atoms in total. The summed E-state index contributed by atoms with van der Waals surface area (Å²) < 4.78 is 1.56. The van der Waals surface area contributed by atoms with Crippen LogP contribution in [0.1, 0.15) is 5.56 Å². The summed E-state index contributed by atoms with van der Waals surface area (Å²) in [6, 6.07) is 3.41. The second-order valence-corrected chi connectivity index (χ2v) is 5.46. The molecule has 0 atom stereocenters. The van der Waals surface area contributed by atoms with Crippen LogP contribution in [0.2, 0.25) is 0 Å². The van der Waals surface area contributed by atoms with E-state index in [1.54, 1.807) is 18.3 Å². The Bertz CT molecular complexity index is 447. The molecule has 0 N–H and O–H groups in total. The summed E-state index contributed by atoms with van der Waals surface area (Å²) >= 11 is 5.39. The molecule has 0 radical (unpaired) electrons. The Labute approximate surface area is 116 Å². The van der Waals surface area contributed by atoms with Crippen LogP contribution < -0.4 is 0 Å². The van der Waals surface area contributed by atoms with Gasteiger partial charge in [0.15, 0.2) is 0 Å². The molecule has 0 amide bonds. The average molecular weight is 397 g/mol. The lowest BCUT2D eigenvalue weighted by molar-refractivity contribution is -0.385. The van der Waals surface area contributed by atoms with Gasteiger partial charge in [0.2, 0.25) is 0 Å². The first-order chi connectivity index (χ1) is 7.41. The van der Waals surface area contributed by atoms with Crippen molar-refractivity contribution in [2.75, 3.05) is 14.1 Å². The van der Waals surface area contributed by atoms with E-state index in [0.717, 1.165) is 8.04 Å². The maximum absolute atomic E-state index is 10.9. The van der Waals surface area contributed by atoms with Gasteiger partial charge in [0.1, 0.15) is 0 Å². The standard InChI is InChI=1S/C10H10BrIN2O2/c1-13(2)4-3-8-9(11)5-7(12)6-10(8)14(15)16/h3-6H,1-2H3/b4-3+. The van der Waals surface area contributed by atoms with Crippen LogP contribution in [-0.2, 0) is 0 Å². The summed E-state index contributed by atoms with van der Waals surface area (Å²) in [5.74, 6) is 0. The molecule has 1 aromatic carbocycles. The first-order valence-corrected chi connectivity index (χ1v) is 6.27. The summed E-state index contributed by atoms with van der Waals surface area (Å²) in [6.07, 6.45) is 3.50. The summed E-state index contributed by atoms with van der Waals surface area (Å²) in [5.41, 5.74) is 0.691. The Morgan fingerprint density at radius 3 is 2.62 bits per heavy atom. The van der Waals surface area contributed by atoms with Gasteiger partial charge < -0.3 is 4.90 Å². The van der Waals surface area contributed by atoms with E-state index in [-0.39, 0.29) is 10.6 Å². The Morgan fingerprint density at radius 2 is 2.12 bits per heavy atom. The highest BCUT2D eigenvalue weighted by atomic mass is 127. The third-order valence-electron chi connectivity index (χ3n) is 1.81. The Morgan fingerprint density at radius 1 is 1.50 bits per heavy atom. The van der Waals surface area contributed by atoms with E-state index < -0.39 is 0 Å². The lowest BCUT2D eigenvalue weighted by atomic mass is 10.2. The van der Waals surface area contributed by atoms with Crippen molar-refractivity contribution < 1.29 is 4.92 Å². The molecular weight excluding hydrogens is 387 g/mol. The summed E-state index contributed by atoms with van der Waals surface area (Å²) in [6.45, 7) is 0. The molecule has 0 aliphatic rings. The van der Waals surface area contributed by atoms with Crippen molar-refractivity contribution in [2.45, 2.75) is 0 Å². The van der Waals surface area contributed by atoms with Crippen LogP contribution in [0.5, 0.6) is 0 Å². The first-order valence-electron chi connectivity index (χ1n) is 4.40. The maximum Gasteiger partial charge on any atom is 0.278 e. The quantitative estimate of drug-likeness (QED) is 0.446. The monoisotopic (exact) mass is 396 g/mol. The summed E-state index contributed by atoms with van der Waals surface area (Å²) in [4.78, 5) is 12.4. The van der Waals surface area contributed by atoms with Gasteiger partial charge in [-0.3, -0.25) is 10.1 Å². The van der Waals surface area contributed by atoms with E-state index in [0.29, 0.717) is 5.56 Å². The zero-order valence-electron chi connectivity index (χ0n) is 8.78. The predicted molar refractivity (Wildman–Crippen MR) is 76.2 cm³/mol.